The fourth-order valence-corrected chi connectivity index (χ4v) is 2.11. The van der Waals surface area contributed by atoms with Crippen LogP contribution in [0.1, 0.15) is 30.2 Å². The van der Waals surface area contributed by atoms with Crippen molar-refractivity contribution in [1.82, 2.24) is 14.9 Å². The number of amides is 1. The number of nitrogens with one attached hydrogen (secondary N) is 1. The number of rotatable bonds is 5. The maximum atomic E-state index is 13.7. The van der Waals surface area contributed by atoms with E-state index in [9.17, 15) is 9.18 Å². The van der Waals surface area contributed by atoms with Crippen LogP contribution < -0.4 is 5.32 Å². The minimum atomic E-state index is -0.379. The zero-order chi connectivity index (χ0) is 16.1. The van der Waals surface area contributed by atoms with E-state index < -0.39 is 0 Å². The highest BCUT2D eigenvalue weighted by Crippen LogP contribution is 2.19. The predicted octanol–water partition coefficient (Wildman–Crippen LogP) is 3.15. The highest BCUT2D eigenvalue weighted by molar-refractivity contribution is 5.93. The average molecular weight is 302 g/mol. The molecule has 0 bridgehead atoms. The second-order valence-corrected chi connectivity index (χ2v) is 4.77. The van der Waals surface area contributed by atoms with Crippen LogP contribution in [0.4, 0.5) is 15.9 Å². The molecule has 0 atom stereocenters. The van der Waals surface area contributed by atoms with Crippen molar-refractivity contribution in [3.8, 4) is 0 Å². The van der Waals surface area contributed by atoms with Crippen molar-refractivity contribution in [2.24, 2.45) is 0 Å². The fraction of sp³-hybridized carbons (Fsp3) is 0.312. The molecular weight excluding hydrogens is 283 g/mol. The number of hydrogen-bond donors (Lipinski definition) is 1. The van der Waals surface area contributed by atoms with Crippen LogP contribution in [0.5, 0.6) is 0 Å². The molecule has 0 unspecified atom stereocenters. The number of para-hydroxylation sites is 1. The third-order valence-corrected chi connectivity index (χ3v) is 3.24. The third kappa shape index (κ3) is 3.58. The Labute approximate surface area is 129 Å². The molecule has 1 aromatic carbocycles. The summed E-state index contributed by atoms with van der Waals surface area (Å²) in [6.45, 7) is 6.73. The van der Waals surface area contributed by atoms with E-state index in [0.29, 0.717) is 36.1 Å². The van der Waals surface area contributed by atoms with Crippen LogP contribution in [0.25, 0.3) is 0 Å². The van der Waals surface area contributed by atoms with E-state index in [1.807, 2.05) is 13.8 Å². The van der Waals surface area contributed by atoms with E-state index in [0.717, 1.165) is 0 Å². The Hall–Kier alpha value is -2.50. The summed E-state index contributed by atoms with van der Waals surface area (Å²) in [5.74, 6) is 0.312. The maximum Gasteiger partial charge on any atom is 0.272 e. The van der Waals surface area contributed by atoms with Gasteiger partial charge in [-0.25, -0.2) is 14.4 Å². The van der Waals surface area contributed by atoms with Gasteiger partial charge >= 0.3 is 0 Å². The lowest BCUT2D eigenvalue weighted by atomic mass is 10.3. The van der Waals surface area contributed by atoms with Crippen LogP contribution >= 0.6 is 0 Å². The van der Waals surface area contributed by atoms with Crippen molar-refractivity contribution in [2.45, 2.75) is 20.8 Å². The number of aromatic nitrogens is 2. The van der Waals surface area contributed by atoms with Crippen LogP contribution in [0, 0.1) is 12.7 Å². The molecule has 1 aromatic heterocycles. The number of anilines is 2. The summed E-state index contributed by atoms with van der Waals surface area (Å²) in [6.07, 6.45) is 0. The van der Waals surface area contributed by atoms with Gasteiger partial charge in [-0.1, -0.05) is 12.1 Å². The van der Waals surface area contributed by atoms with Crippen LogP contribution in [0.3, 0.4) is 0 Å². The molecule has 0 aliphatic rings. The van der Waals surface area contributed by atoms with Crippen LogP contribution in [0.2, 0.25) is 0 Å². The van der Waals surface area contributed by atoms with Gasteiger partial charge in [0.25, 0.3) is 5.91 Å². The molecule has 0 aliphatic carbocycles. The highest BCUT2D eigenvalue weighted by atomic mass is 19.1. The molecule has 0 saturated carbocycles. The summed E-state index contributed by atoms with van der Waals surface area (Å²) in [4.78, 5) is 22.4. The van der Waals surface area contributed by atoms with Crippen molar-refractivity contribution in [1.29, 1.82) is 0 Å². The largest absolute Gasteiger partial charge is 0.338 e. The molecule has 0 fully saturated rings. The highest BCUT2D eigenvalue weighted by Gasteiger charge is 2.16. The first-order chi connectivity index (χ1) is 10.5. The minimum absolute atomic E-state index is 0.160. The predicted molar refractivity (Wildman–Crippen MR) is 83.7 cm³/mol. The van der Waals surface area contributed by atoms with Crippen LogP contribution in [-0.2, 0) is 0 Å². The molecular formula is C16H19FN4O. The first-order valence-corrected chi connectivity index (χ1v) is 7.21. The Morgan fingerprint density at radius 3 is 2.55 bits per heavy atom. The third-order valence-electron chi connectivity index (χ3n) is 3.24. The van der Waals surface area contributed by atoms with Gasteiger partial charge in [0.2, 0.25) is 0 Å². The van der Waals surface area contributed by atoms with Crippen LogP contribution in [0.15, 0.2) is 30.3 Å². The van der Waals surface area contributed by atoms with Gasteiger partial charge in [-0.05, 0) is 32.9 Å². The number of aryl methyl sites for hydroxylation is 1. The Morgan fingerprint density at radius 2 is 1.91 bits per heavy atom. The van der Waals surface area contributed by atoms with Crippen molar-refractivity contribution in [2.75, 3.05) is 18.4 Å². The molecule has 116 valence electrons. The summed E-state index contributed by atoms with van der Waals surface area (Å²) in [6, 6.07) is 7.85. The molecule has 22 heavy (non-hydrogen) atoms. The Balaban J connectivity index is 2.31. The van der Waals surface area contributed by atoms with Gasteiger partial charge in [-0.3, -0.25) is 4.79 Å². The van der Waals surface area contributed by atoms with Gasteiger partial charge in [0.15, 0.2) is 0 Å². The van der Waals surface area contributed by atoms with Crippen molar-refractivity contribution >= 4 is 17.4 Å². The minimum Gasteiger partial charge on any atom is -0.338 e. The molecule has 2 aromatic rings. The lowest BCUT2D eigenvalue weighted by molar-refractivity contribution is 0.0766. The molecule has 0 spiro atoms. The molecule has 0 saturated heterocycles. The second kappa shape index (κ2) is 6.98. The summed E-state index contributed by atoms with van der Waals surface area (Å²) in [7, 11) is 0. The standard InChI is InChI=1S/C16H19FN4O/c1-4-21(5-2)16(22)14-10-15(19-11(3)18-14)20-13-9-7-6-8-12(13)17/h6-10H,4-5H2,1-3H3,(H,18,19,20). The fourth-order valence-electron chi connectivity index (χ4n) is 2.11. The quantitative estimate of drug-likeness (QED) is 0.921. The lowest BCUT2D eigenvalue weighted by Crippen LogP contribution is -2.31. The van der Waals surface area contributed by atoms with Crippen LogP contribution in [-0.4, -0.2) is 33.9 Å². The summed E-state index contributed by atoms with van der Waals surface area (Å²) < 4.78 is 13.7. The smallest absolute Gasteiger partial charge is 0.272 e. The molecule has 1 heterocycles. The summed E-state index contributed by atoms with van der Waals surface area (Å²) in [5, 5.41) is 2.89. The van der Waals surface area contributed by atoms with E-state index in [-0.39, 0.29) is 11.7 Å². The maximum absolute atomic E-state index is 13.7. The van der Waals surface area contributed by atoms with Crippen molar-refractivity contribution in [3.63, 3.8) is 0 Å². The SMILES string of the molecule is CCN(CC)C(=O)c1cc(Nc2ccccc2F)nc(C)n1. The van der Waals surface area contributed by atoms with E-state index in [1.54, 1.807) is 36.1 Å². The Morgan fingerprint density at radius 1 is 1.23 bits per heavy atom. The Bertz CT molecular complexity index is 671. The molecule has 6 heteroatoms. The van der Waals surface area contributed by atoms with Gasteiger partial charge in [-0.2, -0.15) is 0 Å². The molecule has 1 N–H and O–H groups in total. The topological polar surface area (TPSA) is 58.1 Å². The Kier molecular flexibility index (Phi) is 5.04. The van der Waals surface area contributed by atoms with Gasteiger partial charge < -0.3 is 10.2 Å². The van der Waals surface area contributed by atoms with Crippen molar-refractivity contribution < 1.29 is 9.18 Å². The number of carbonyl (C=O) groups excluding carboxylic acids is 1. The number of carbonyl (C=O) groups is 1. The first-order valence-electron chi connectivity index (χ1n) is 7.21. The molecule has 2 rings (SSSR count). The second-order valence-electron chi connectivity index (χ2n) is 4.77. The van der Waals surface area contributed by atoms with E-state index >= 15 is 0 Å². The summed E-state index contributed by atoms with van der Waals surface area (Å²) >= 11 is 0. The van der Waals surface area contributed by atoms with E-state index in [2.05, 4.69) is 15.3 Å². The lowest BCUT2D eigenvalue weighted by Gasteiger charge is -2.18. The van der Waals surface area contributed by atoms with Gasteiger partial charge in [0, 0.05) is 19.2 Å². The molecule has 1 amide bonds. The molecule has 0 radical (unpaired) electrons. The average Bonchev–Trinajstić information content (AvgIpc) is 2.50. The van der Waals surface area contributed by atoms with E-state index in [4.69, 9.17) is 0 Å². The van der Waals surface area contributed by atoms with Crippen molar-refractivity contribution in [3.05, 3.63) is 47.7 Å². The molecule has 5 nitrogen and oxygen atoms in total. The first kappa shape index (κ1) is 15.9. The summed E-state index contributed by atoms with van der Waals surface area (Å²) in [5.41, 5.74) is 0.608. The normalized spacial score (nSPS) is 10.4. The van der Waals surface area contributed by atoms with Gasteiger partial charge in [-0.15, -0.1) is 0 Å². The monoisotopic (exact) mass is 302 g/mol. The molecule has 0 aliphatic heterocycles. The number of hydrogen-bond acceptors (Lipinski definition) is 4. The van der Waals surface area contributed by atoms with Gasteiger partial charge in [0.05, 0.1) is 5.69 Å². The number of halogens is 1. The number of benzene rings is 1. The van der Waals surface area contributed by atoms with Gasteiger partial charge in [0.1, 0.15) is 23.2 Å². The number of nitrogens with zero attached hydrogens (tertiary/aromatic N) is 3. The van der Waals surface area contributed by atoms with E-state index in [1.165, 1.54) is 6.07 Å². The zero-order valence-corrected chi connectivity index (χ0v) is 12.9. The zero-order valence-electron chi connectivity index (χ0n) is 12.9.